The van der Waals surface area contributed by atoms with Crippen LogP contribution in [0.4, 0.5) is 4.39 Å². The Kier molecular flexibility index (Phi) is 6.83. The van der Waals surface area contributed by atoms with E-state index in [2.05, 4.69) is 0 Å². The number of nitrogens with zero attached hydrogens (tertiary/aromatic N) is 2. The van der Waals surface area contributed by atoms with E-state index in [9.17, 15) is 14.0 Å². The van der Waals surface area contributed by atoms with Crippen LogP contribution in [0.5, 0.6) is 5.75 Å². The first-order valence-corrected chi connectivity index (χ1v) is 9.60. The van der Waals surface area contributed by atoms with E-state index < -0.39 is 12.6 Å². The van der Waals surface area contributed by atoms with Gasteiger partial charge < -0.3 is 14.0 Å². The molecule has 2 aromatic carbocycles. The van der Waals surface area contributed by atoms with Gasteiger partial charge in [0.15, 0.2) is 13.2 Å². The van der Waals surface area contributed by atoms with Gasteiger partial charge in [0.05, 0.1) is 11.6 Å². The molecule has 31 heavy (non-hydrogen) atoms. The number of benzene rings is 2. The van der Waals surface area contributed by atoms with Gasteiger partial charge in [0.2, 0.25) is 5.78 Å². The van der Waals surface area contributed by atoms with Gasteiger partial charge in [0.1, 0.15) is 11.6 Å². The minimum absolute atomic E-state index is 0.300. The van der Waals surface area contributed by atoms with Gasteiger partial charge >= 0.3 is 5.97 Å². The fraction of sp³-hybridized carbons (Fsp3) is 0.208. The second kappa shape index (κ2) is 9.72. The second-order valence-electron chi connectivity index (χ2n) is 7.01. The minimum Gasteiger partial charge on any atom is -0.482 e. The fourth-order valence-electron chi connectivity index (χ4n) is 3.13. The van der Waals surface area contributed by atoms with E-state index >= 15 is 0 Å². The van der Waals surface area contributed by atoms with Crippen LogP contribution in [0.15, 0.2) is 54.6 Å². The molecule has 3 rings (SSSR count). The zero-order valence-corrected chi connectivity index (χ0v) is 17.2. The topological polar surface area (TPSA) is 81.3 Å². The van der Waals surface area contributed by atoms with E-state index in [1.54, 1.807) is 42.5 Å². The van der Waals surface area contributed by atoms with Crippen LogP contribution in [-0.4, -0.2) is 29.5 Å². The Morgan fingerprint density at radius 3 is 2.35 bits per heavy atom. The first kappa shape index (κ1) is 21.8. The number of ketones is 1. The summed E-state index contributed by atoms with van der Waals surface area (Å²) in [5, 5.41) is 8.77. The van der Waals surface area contributed by atoms with E-state index in [0.717, 1.165) is 17.0 Å². The predicted molar refractivity (Wildman–Crippen MR) is 111 cm³/mol. The van der Waals surface area contributed by atoms with Crippen LogP contribution in [0.1, 0.15) is 32.9 Å². The van der Waals surface area contributed by atoms with Crippen molar-refractivity contribution in [2.75, 3.05) is 13.2 Å². The Balaban J connectivity index is 1.55. The molecule has 0 aliphatic heterocycles. The molecule has 0 amide bonds. The Hall–Kier alpha value is -3.92. The molecule has 0 aliphatic rings. The molecule has 0 bridgehead atoms. The van der Waals surface area contributed by atoms with Crippen LogP contribution in [0, 0.1) is 31.0 Å². The molecule has 0 spiro atoms. The van der Waals surface area contributed by atoms with E-state index in [1.807, 2.05) is 24.5 Å². The molecule has 0 radical (unpaired) electrons. The van der Waals surface area contributed by atoms with Crippen LogP contribution in [0.25, 0.3) is 0 Å². The largest absolute Gasteiger partial charge is 0.482 e. The number of aromatic nitrogens is 1. The number of nitriles is 1. The SMILES string of the molecule is Cc1cc(C(=O)COC(=O)COc2ccc(C#N)cc2)c(C)n1Cc1ccc(F)cc1. The van der Waals surface area contributed by atoms with Gasteiger partial charge in [0.25, 0.3) is 0 Å². The van der Waals surface area contributed by atoms with Crippen molar-refractivity contribution in [1.29, 1.82) is 5.26 Å². The van der Waals surface area contributed by atoms with E-state index in [1.165, 1.54) is 12.1 Å². The Morgan fingerprint density at radius 1 is 1.03 bits per heavy atom. The van der Waals surface area contributed by atoms with Crippen molar-refractivity contribution >= 4 is 11.8 Å². The van der Waals surface area contributed by atoms with Crippen molar-refractivity contribution in [1.82, 2.24) is 4.57 Å². The average molecular weight is 420 g/mol. The molecule has 1 aromatic heterocycles. The third kappa shape index (κ3) is 5.58. The van der Waals surface area contributed by atoms with Crippen LogP contribution >= 0.6 is 0 Å². The third-order valence-electron chi connectivity index (χ3n) is 4.83. The van der Waals surface area contributed by atoms with Crippen molar-refractivity contribution in [3.05, 3.63) is 88.5 Å². The lowest BCUT2D eigenvalue weighted by molar-refractivity contribution is -0.144. The van der Waals surface area contributed by atoms with Crippen molar-refractivity contribution in [3.63, 3.8) is 0 Å². The molecule has 7 heteroatoms. The summed E-state index contributed by atoms with van der Waals surface area (Å²) in [5.74, 6) is -0.861. The average Bonchev–Trinajstić information content (AvgIpc) is 3.06. The van der Waals surface area contributed by atoms with Crippen molar-refractivity contribution in [3.8, 4) is 11.8 Å². The zero-order chi connectivity index (χ0) is 22.4. The maximum Gasteiger partial charge on any atom is 0.344 e. The standard InChI is InChI=1S/C24H21FN2O4/c1-16-11-22(17(2)27(16)13-19-3-7-20(25)8-4-19)23(28)14-31-24(29)15-30-21-9-5-18(12-26)6-10-21/h3-11H,13-15H2,1-2H3. The zero-order valence-electron chi connectivity index (χ0n) is 17.2. The van der Waals surface area contributed by atoms with Gasteiger partial charge in [-0.15, -0.1) is 0 Å². The monoisotopic (exact) mass is 420 g/mol. The molecule has 0 N–H and O–H groups in total. The molecule has 0 atom stereocenters. The van der Waals surface area contributed by atoms with E-state index in [0.29, 0.717) is 23.4 Å². The van der Waals surface area contributed by atoms with Crippen LogP contribution in [0.2, 0.25) is 0 Å². The van der Waals surface area contributed by atoms with Gasteiger partial charge in [-0.05, 0) is 61.9 Å². The molecule has 1 heterocycles. The minimum atomic E-state index is -0.669. The molecule has 0 fully saturated rings. The van der Waals surface area contributed by atoms with Crippen LogP contribution < -0.4 is 4.74 Å². The van der Waals surface area contributed by atoms with Crippen LogP contribution in [-0.2, 0) is 16.1 Å². The molecule has 6 nitrogen and oxygen atoms in total. The van der Waals surface area contributed by atoms with E-state index in [-0.39, 0.29) is 18.2 Å². The quantitative estimate of drug-likeness (QED) is 0.407. The number of ether oxygens (including phenoxy) is 2. The number of rotatable bonds is 8. The summed E-state index contributed by atoms with van der Waals surface area (Å²) in [5.41, 5.74) is 3.49. The van der Waals surface area contributed by atoms with Crippen molar-refractivity contribution in [2.24, 2.45) is 0 Å². The Labute approximate surface area is 179 Å². The number of carbonyl (C=O) groups excluding carboxylic acids is 2. The normalized spacial score (nSPS) is 10.4. The molecule has 158 valence electrons. The Bertz CT molecular complexity index is 1130. The number of aryl methyl sites for hydroxylation is 1. The number of Topliss-reactive ketones (excluding diaryl/α,β-unsaturated/α-hetero) is 1. The maximum absolute atomic E-state index is 13.1. The van der Waals surface area contributed by atoms with Crippen molar-refractivity contribution in [2.45, 2.75) is 20.4 Å². The van der Waals surface area contributed by atoms with Gasteiger partial charge in [-0.3, -0.25) is 4.79 Å². The maximum atomic E-state index is 13.1. The molecule has 3 aromatic rings. The molecule has 0 aliphatic carbocycles. The lowest BCUT2D eigenvalue weighted by atomic mass is 10.1. The summed E-state index contributed by atoms with van der Waals surface area (Å²) in [4.78, 5) is 24.5. The van der Waals surface area contributed by atoms with Crippen LogP contribution in [0.3, 0.4) is 0 Å². The smallest absolute Gasteiger partial charge is 0.344 e. The molecule has 0 saturated carbocycles. The highest BCUT2D eigenvalue weighted by atomic mass is 19.1. The first-order chi connectivity index (χ1) is 14.9. The summed E-state index contributed by atoms with van der Waals surface area (Å²) >= 11 is 0. The molecule has 0 unspecified atom stereocenters. The van der Waals surface area contributed by atoms with Gasteiger partial charge in [-0.2, -0.15) is 5.26 Å². The summed E-state index contributed by atoms with van der Waals surface area (Å²) in [6.07, 6.45) is 0. The number of halogens is 1. The summed E-state index contributed by atoms with van der Waals surface area (Å²) in [6, 6.07) is 16.2. The highest BCUT2D eigenvalue weighted by molar-refractivity contribution is 5.99. The van der Waals surface area contributed by atoms with Crippen molar-refractivity contribution < 1.29 is 23.5 Å². The highest BCUT2D eigenvalue weighted by Gasteiger charge is 2.18. The summed E-state index contributed by atoms with van der Waals surface area (Å²) < 4.78 is 25.4. The number of hydrogen-bond donors (Lipinski definition) is 0. The lowest BCUT2D eigenvalue weighted by Gasteiger charge is -2.10. The first-order valence-electron chi connectivity index (χ1n) is 9.60. The summed E-state index contributed by atoms with van der Waals surface area (Å²) in [6.45, 7) is 3.47. The van der Waals surface area contributed by atoms with Gasteiger partial charge in [0, 0.05) is 23.5 Å². The highest BCUT2D eigenvalue weighted by Crippen LogP contribution is 2.18. The van der Waals surface area contributed by atoms with E-state index in [4.69, 9.17) is 14.7 Å². The van der Waals surface area contributed by atoms with Gasteiger partial charge in [-0.25, -0.2) is 9.18 Å². The number of esters is 1. The number of carbonyl (C=O) groups is 2. The fourth-order valence-corrected chi connectivity index (χ4v) is 3.13. The second-order valence-corrected chi connectivity index (χ2v) is 7.01. The Morgan fingerprint density at radius 2 is 1.71 bits per heavy atom. The lowest BCUT2D eigenvalue weighted by Crippen LogP contribution is -2.20. The summed E-state index contributed by atoms with van der Waals surface area (Å²) in [7, 11) is 0. The third-order valence-corrected chi connectivity index (χ3v) is 4.83. The molecular formula is C24H21FN2O4. The predicted octanol–water partition coefficient (Wildman–Crippen LogP) is 3.97. The number of hydrogen-bond acceptors (Lipinski definition) is 5. The molecule has 0 saturated heterocycles. The molecular weight excluding hydrogens is 399 g/mol. The van der Waals surface area contributed by atoms with Gasteiger partial charge in [-0.1, -0.05) is 12.1 Å².